The molecule has 0 heterocycles. The van der Waals surface area contributed by atoms with E-state index in [1.165, 1.54) is 13.1 Å². The van der Waals surface area contributed by atoms with E-state index in [9.17, 15) is 9.59 Å². The molecule has 0 aromatic rings. The Morgan fingerprint density at radius 1 is 1.44 bits per heavy atom. The molecular weight excluding hydrogens is 118 g/mol. The number of rotatable bonds is 2. The Balaban J connectivity index is 3.69. The van der Waals surface area contributed by atoms with Crippen LogP contribution < -0.4 is 5.32 Å². The highest BCUT2D eigenvalue weighted by molar-refractivity contribution is 5.77. The zero-order valence-electron chi connectivity index (χ0n) is 5.47. The molecule has 0 unspecified atom stereocenters. The molecule has 0 rings (SSSR count). The Hall–Kier alpha value is -1.12. The molecule has 0 aliphatic carbocycles. The van der Waals surface area contributed by atoms with E-state index in [4.69, 9.17) is 0 Å². The average molecular weight is 127 g/mol. The second kappa shape index (κ2) is 3.83. The quantitative estimate of drug-likeness (QED) is 0.426. The third-order valence-electron chi connectivity index (χ3n) is 0.689. The number of hydrogen-bond acceptors (Lipinski definition) is 2. The normalized spacial score (nSPS) is 10.7. The number of allylic oxidation sites excluding steroid dienone is 1. The van der Waals surface area contributed by atoms with Gasteiger partial charge in [0.05, 0.1) is 0 Å². The number of aldehydes is 1. The monoisotopic (exact) mass is 127 g/mol. The molecule has 0 aromatic carbocycles. The van der Waals surface area contributed by atoms with Gasteiger partial charge in [-0.1, -0.05) is 0 Å². The van der Waals surface area contributed by atoms with Crippen LogP contribution in [0.4, 0.5) is 0 Å². The molecule has 0 aromatic heterocycles. The molecule has 3 nitrogen and oxygen atoms in total. The highest BCUT2D eigenvalue weighted by Gasteiger charge is 1.85. The van der Waals surface area contributed by atoms with Crippen molar-refractivity contribution in [3.05, 3.63) is 11.8 Å². The van der Waals surface area contributed by atoms with Gasteiger partial charge in [-0.2, -0.15) is 0 Å². The van der Waals surface area contributed by atoms with E-state index in [1.807, 2.05) is 0 Å². The zero-order valence-corrected chi connectivity index (χ0v) is 5.47. The molecule has 1 amide bonds. The summed E-state index contributed by atoms with van der Waals surface area (Å²) in [6.07, 6.45) is 2.05. The molecule has 0 aliphatic heterocycles. The van der Waals surface area contributed by atoms with Crippen LogP contribution in [-0.4, -0.2) is 12.2 Å². The van der Waals surface area contributed by atoms with Gasteiger partial charge >= 0.3 is 0 Å². The predicted octanol–water partition coefficient (Wildman–Crippen LogP) is 0.225. The van der Waals surface area contributed by atoms with Crippen molar-refractivity contribution >= 4 is 12.2 Å². The zero-order chi connectivity index (χ0) is 7.28. The molecule has 0 atom stereocenters. The highest BCUT2D eigenvalue weighted by Crippen LogP contribution is 1.80. The van der Waals surface area contributed by atoms with Gasteiger partial charge in [-0.05, 0) is 6.92 Å². The van der Waals surface area contributed by atoms with Gasteiger partial charge < -0.3 is 5.32 Å². The standard InChI is InChI=1S/C6H9NO2/c1-5(4-8)3-7-6(2)9/h3-4H,1-2H3,(H,7,9)/b5-3-. The lowest BCUT2D eigenvalue weighted by molar-refractivity contribution is -0.118. The molecule has 50 valence electrons. The Kier molecular flexibility index (Phi) is 3.35. The largest absolute Gasteiger partial charge is 0.333 e. The highest BCUT2D eigenvalue weighted by atomic mass is 16.1. The molecule has 0 fully saturated rings. The lowest BCUT2D eigenvalue weighted by atomic mass is 10.4. The van der Waals surface area contributed by atoms with E-state index in [-0.39, 0.29) is 5.91 Å². The van der Waals surface area contributed by atoms with Crippen LogP contribution in [0.25, 0.3) is 0 Å². The summed E-state index contributed by atoms with van der Waals surface area (Å²) < 4.78 is 0. The van der Waals surface area contributed by atoms with Crippen LogP contribution in [0.2, 0.25) is 0 Å². The average Bonchev–Trinajstić information content (AvgIpc) is 1.83. The molecule has 0 saturated carbocycles. The van der Waals surface area contributed by atoms with Crippen LogP contribution in [0.1, 0.15) is 13.8 Å². The summed E-state index contributed by atoms with van der Waals surface area (Å²) in [5, 5.41) is 2.36. The van der Waals surface area contributed by atoms with E-state index in [0.717, 1.165) is 0 Å². The smallest absolute Gasteiger partial charge is 0.220 e. The Bertz CT molecular complexity index is 149. The van der Waals surface area contributed by atoms with Crippen molar-refractivity contribution in [2.24, 2.45) is 0 Å². The first-order chi connectivity index (χ1) is 4.16. The number of hydrogen-bond donors (Lipinski definition) is 1. The molecule has 9 heavy (non-hydrogen) atoms. The van der Waals surface area contributed by atoms with Gasteiger partial charge in [-0.15, -0.1) is 0 Å². The van der Waals surface area contributed by atoms with Crippen LogP contribution in [0.3, 0.4) is 0 Å². The van der Waals surface area contributed by atoms with E-state index >= 15 is 0 Å². The summed E-state index contributed by atoms with van der Waals surface area (Å²) in [5.41, 5.74) is 0.505. The molecule has 0 spiro atoms. The van der Waals surface area contributed by atoms with Gasteiger partial charge in [0.2, 0.25) is 5.91 Å². The Morgan fingerprint density at radius 2 is 2.00 bits per heavy atom. The van der Waals surface area contributed by atoms with Crippen molar-refractivity contribution in [3.8, 4) is 0 Å². The van der Waals surface area contributed by atoms with Gasteiger partial charge in [0.25, 0.3) is 0 Å². The van der Waals surface area contributed by atoms with Crippen LogP contribution in [0, 0.1) is 0 Å². The van der Waals surface area contributed by atoms with Gasteiger partial charge in [0.1, 0.15) is 6.29 Å². The molecule has 0 bridgehead atoms. The van der Waals surface area contributed by atoms with E-state index in [1.54, 1.807) is 6.92 Å². The first-order valence-electron chi connectivity index (χ1n) is 2.56. The van der Waals surface area contributed by atoms with Gasteiger partial charge in [0, 0.05) is 18.7 Å². The summed E-state index contributed by atoms with van der Waals surface area (Å²) in [7, 11) is 0. The second-order valence-corrected chi connectivity index (χ2v) is 1.71. The minimum absolute atomic E-state index is 0.170. The third kappa shape index (κ3) is 4.74. The van der Waals surface area contributed by atoms with Crippen molar-refractivity contribution in [2.75, 3.05) is 0 Å². The fraction of sp³-hybridized carbons (Fsp3) is 0.333. The first-order valence-corrected chi connectivity index (χ1v) is 2.56. The van der Waals surface area contributed by atoms with Crippen molar-refractivity contribution in [1.82, 2.24) is 5.32 Å². The number of amides is 1. The minimum atomic E-state index is -0.170. The van der Waals surface area contributed by atoms with Crippen molar-refractivity contribution in [1.29, 1.82) is 0 Å². The maximum Gasteiger partial charge on any atom is 0.220 e. The number of carbonyl (C=O) groups is 2. The topological polar surface area (TPSA) is 46.2 Å². The van der Waals surface area contributed by atoms with Crippen molar-refractivity contribution in [3.63, 3.8) is 0 Å². The Morgan fingerprint density at radius 3 is 2.33 bits per heavy atom. The molecule has 1 N–H and O–H groups in total. The predicted molar refractivity (Wildman–Crippen MR) is 33.6 cm³/mol. The van der Waals surface area contributed by atoms with Gasteiger partial charge in [0.15, 0.2) is 0 Å². The summed E-state index contributed by atoms with van der Waals surface area (Å²) in [6, 6.07) is 0. The lowest BCUT2D eigenvalue weighted by Crippen LogP contribution is -2.12. The lowest BCUT2D eigenvalue weighted by Gasteiger charge is -1.90. The van der Waals surface area contributed by atoms with Crippen LogP contribution in [-0.2, 0) is 9.59 Å². The summed E-state index contributed by atoms with van der Waals surface area (Å²) >= 11 is 0. The molecule has 0 radical (unpaired) electrons. The summed E-state index contributed by atoms with van der Waals surface area (Å²) in [4.78, 5) is 20.1. The van der Waals surface area contributed by atoms with Gasteiger partial charge in [-0.3, -0.25) is 9.59 Å². The summed E-state index contributed by atoms with van der Waals surface area (Å²) in [5.74, 6) is -0.170. The maximum atomic E-state index is 10.2. The van der Waals surface area contributed by atoms with E-state index in [0.29, 0.717) is 11.9 Å². The van der Waals surface area contributed by atoms with Crippen LogP contribution >= 0.6 is 0 Å². The summed E-state index contributed by atoms with van der Waals surface area (Å²) in [6.45, 7) is 3.00. The fourth-order valence-corrected chi connectivity index (χ4v) is 0.249. The fourth-order valence-electron chi connectivity index (χ4n) is 0.249. The molecule has 0 aliphatic rings. The maximum absolute atomic E-state index is 10.2. The SMILES string of the molecule is CC(=O)N/C=C(/C)C=O. The minimum Gasteiger partial charge on any atom is -0.333 e. The number of carbonyl (C=O) groups excluding carboxylic acids is 2. The molecular formula is C6H9NO2. The van der Waals surface area contributed by atoms with E-state index < -0.39 is 0 Å². The van der Waals surface area contributed by atoms with Crippen LogP contribution in [0.15, 0.2) is 11.8 Å². The van der Waals surface area contributed by atoms with Crippen molar-refractivity contribution < 1.29 is 9.59 Å². The number of nitrogens with one attached hydrogen (secondary N) is 1. The van der Waals surface area contributed by atoms with Gasteiger partial charge in [-0.25, -0.2) is 0 Å². The first kappa shape index (κ1) is 7.88. The Labute approximate surface area is 53.7 Å². The molecule has 0 saturated heterocycles. The third-order valence-corrected chi connectivity index (χ3v) is 0.689. The van der Waals surface area contributed by atoms with Crippen molar-refractivity contribution in [2.45, 2.75) is 13.8 Å². The molecule has 3 heteroatoms. The van der Waals surface area contributed by atoms with E-state index in [2.05, 4.69) is 5.32 Å². The second-order valence-electron chi connectivity index (χ2n) is 1.71. The van der Waals surface area contributed by atoms with Crippen LogP contribution in [0.5, 0.6) is 0 Å².